The normalized spacial score (nSPS) is 15.5. The Bertz CT molecular complexity index is 329. The molecule has 2 heteroatoms. The van der Waals surface area contributed by atoms with Crippen molar-refractivity contribution in [2.45, 2.75) is 12.8 Å². The van der Waals surface area contributed by atoms with Gasteiger partial charge in [0, 0.05) is 11.6 Å². The standard InChI is InChI=1S/C11H11NO/c1-8-3-2-4-10(7-8)12-11(13)9-5-6-9/h1-4,7,9H,5-6H2,(H,12,13). The van der Waals surface area contributed by atoms with Crippen LogP contribution in [-0.2, 0) is 4.79 Å². The summed E-state index contributed by atoms with van der Waals surface area (Å²) in [6.07, 6.45) is 2.04. The predicted octanol–water partition coefficient (Wildman–Crippen LogP) is 2.09. The van der Waals surface area contributed by atoms with E-state index in [4.69, 9.17) is 6.92 Å². The number of carbonyl (C=O) groups is 1. The van der Waals surface area contributed by atoms with Gasteiger partial charge in [-0.3, -0.25) is 4.79 Å². The fraction of sp³-hybridized carbons (Fsp3) is 0.273. The van der Waals surface area contributed by atoms with E-state index in [0.717, 1.165) is 18.5 Å². The molecule has 1 aromatic carbocycles. The van der Waals surface area contributed by atoms with Crippen molar-refractivity contribution in [3.63, 3.8) is 0 Å². The van der Waals surface area contributed by atoms with Crippen molar-refractivity contribution in [1.29, 1.82) is 0 Å². The van der Waals surface area contributed by atoms with Gasteiger partial charge < -0.3 is 5.32 Å². The summed E-state index contributed by atoms with van der Waals surface area (Å²) in [7, 11) is 0. The second-order valence-corrected chi connectivity index (χ2v) is 3.39. The molecule has 1 N–H and O–H groups in total. The van der Waals surface area contributed by atoms with Gasteiger partial charge in [-0.1, -0.05) is 12.1 Å². The van der Waals surface area contributed by atoms with Gasteiger partial charge in [0.05, 0.1) is 0 Å². The molecule has 1 saturated carbocycles. The molecule has 0 heterocycles. The quantitative estimate of drug-likeness (QED) is 0.729. The fourth-order valence-electron chi connectivity index (χ4n) is 1.21. The number of carbonyl (C=O) groups excluding carboxylic acids is 1. The van der Waals surface area contributed by atoms with Crippen LogP contribution in [0.2, 0.25) is 0 Å². The van der Waals surface area contributed by atoms with Crippen molar-refractivity contribution in [2.75, 3.05) is 5.32 Å². The SMILES string of the molecule is [CH]c1cccc(NC(=O)C2CC2)c1. The molecular formula is C11H11NO. The summed E-state index contributed by atoms with van der Waals surface area (Å²) in [6, 6.07) is 7.24. The smallest absolute Gasteiger partial charge is 0.227 e. The zero-order valence-corrected chi connectivity index (χ0v) is 7.29. The van der Waals surface area contributed by atoms with Crippen molar-refractivity contribution in [3.05, 3.63) is 36.8 Å². The Hall–Kier alpha value is -1.31. The topological polar surface area (TPSA) is 29.1 Å². The van der Waals surface area contributed by atoms with E-state index in [1.165, 1.54) is 0 Å². The van der Waals surface area contributed by atoms with Crippen LogP contribution in [0, 0.1) is 12.8 Å². The van der Waals surface area contributed by atoms with E-state index in [2.05, 4.69) is 5.32 Å². The third-order valence-electron chi connectivity index (χ3n) is 2.10. The second-order valence-electron chi connectivity index (χ2n) is 3.39. The highest BCUT2D eigenvalue weighted by Crippen LogP contribution is 2.30. The first-order chi connectivity index (χ1) is 6.25. The van der Waals surface area contributed by atoms with Crippen LogP contribution < -0.4 is 5.32 Å². The molecule has 66 valence electrons. The first-order valence-electron chi connectivity index (χ1n) is 4.42. The van der Waals surface area contributed by atoms with E-state index in [-0.39, 0.29) is 11.8 Å². The van der Waals surface area contributed by atoms with E-state index >= 15 is 0 Å². The highest BCUT2D eigenvalue weighted by Gasteiger charge is 2.29. The molecule has 1 aromatic rings. The Morgan fingerprint density at radius 3 is 2.85 bits per heavy atom. The Morgan fingerprint density at radius 2 is 2.23 bits per heavy atom. The lowest BCUT2D eigenvalue weighted by molar-refractivity contribution is -0.117. The van der Waals surface area contributed by atoms with E-state index < -0.39 is 0 Å². The minimum Gasteiger partial charge on any atom is -0.326 e. The molecule has 1 aliphatic rings. The Balaban J connectivity index is 2.04. The first kappa shape index (κ1) is 8.30. The van der Waals surface area contributed by atoms with Gasteiger partial charge in [0.1, 0.15) is 0 Å². The summed E-state index contributed by atoms with van der Waals surface area (Å²) in [5.41, 5.74) is 1.46. The van der Waals surface area contributed by atoms with Gasteiger partial charge >= 0.3 is 0 Å². The number of amides is 1. The molecule has 1 fully saturated rings. The van der Waals surface area contributed by atoms with E-state index in [9.17, 15) is 4.79 Å². The van der Waals surface area contributed by atoms with Gasteiger partial charge in [-0.2, -0.15) is 0 Å². The lowest BCUT2D eigenvalue weighted by Crippen LogP contribution is -2.13. The monoisotopic (exact) mass is 173 g/mol. The van der Waals surface area contributed by atoms with Gasteiger partial charge in [-0.15, -0.1) is 0 Å². The van der Waals surface area contributed by atoms with Crippen LogP contribution in [-0.4, -0.2) is 5.91 Å². The summed E-state index contributed by atoms with van der Waals surface area (Å²) >= 11 is 0. The molecule has 0 aliphatic heterocycles. The molecule has 13 heavy (non-hydrogen) atoms. The van der Waals surface area contributed by atoms with Gasteiger partial charge in [-0.25, -0.2) is 0 Å². The van der Waals surface area contributed by atoms with Crippen LogP contribution >= 0.6 is 0 Å². The molecule has 1 aliphatic carbocycles. The van der Waals surface area contributed by atoms with Crippen LogP contribution in [0.1, 0.15) is 18.4 Å². The number of hydrogen-bond donors (Lipinski definition) is 1. The van der Waals surface area contributed by atoms with Crippen molar-refractivity contribution >= 4 is 11.6 Å². The Kier molecular flexibility index (Phi) is 2.05. The maximum Gasteiger partial charge on any atom is 0.227 e. The Labute approximate surface area is 78.0 Å². The van der Waals surface area contributed by atoms with Crippen LogP contribution in [0.4, 0.5) is 5.69 Å². The minimum absolute atomic E-state index is 0.116. The van der Waals surface area contributed by atoms with Gasteiger partial charge in [0.2, 0.25) is 5.91 Å². The predicted molar refractivity (Wildman–Crippen MR) is 51.2 cm³/mol. The lowest BCUT2D eigenvalue weighted by atomic mass is 10.2. The fourth-order valence-corrected chi connectivity index (χ4v) is 1.21. The molecule has 0 unspecified atom stereocenters. The number of hydrogen-bond acceptors (Lipinski definition) is 1. The number of anilines is 1. The van der Waals surface area contributed by atoms with Crippen LogP contribution in [0.15, 0.2) is 24.3 Å². The molecule has 0 saturated heterocycles. The zero-order valence-electron chi connectivity index (χ0n) is 7.29. The third kappa shape index (κ3) is 2.08. The summed E-state index contributed by atoms with van der Waals surface area (Å²) in [4.78, 5) is 11.3. The summed E-state index contributed by atoms with van der Waals surface area (Å²) in [5, 5.41) is 2.83. The highest BCUT2D eigenvalue weighted by molar-refractivity contribution is 5.94. The summed E-state index contributed by atoms with van der Waals surface area (Å²) < 4.78 is 0. The Morgan fingerprint density at radius 1 is 1.46 bits per heavy atom. The van der Waals surface area contributed by atoms with Gasteiger partial charge in [0.25, 0.3) is 0 Å². The van der Waals surface area contributed by atoms with Crippen LogP contribution in [0.3, 0.4) is 0 Å². The summed E-state index contributed by atoms with van der Waals surface area (Å²) in [5.74, 6) is 0.354. The second kappa shape index (κ2) is 3.21. The van der Waals surface area contributed by atoms with Crippen molar-refractivity contribution in [2.24, 2.45) is 5.92 Å². The van der Waals surface area contributed by atoms with Crippen LogP contribution in [0.25, 0.3) is 0 Å². The van der Waals surface area contributed by atoms with Gasteiger partial charge in [-0.05, 0) is 37.5 Å². The molecule has 2 nitrogen and oxygen atoms in total. The summed E-state index contributed by atoms with van der Waals surface area (Å²) in [6.45, 7) is 5.57. The molecule has 0 spiro atoms. The first-order valence-corrected chi connectivity index (χ1v) is 4.42. The number of rotatable bonds is 2. The maximum absolute atomic E-state index is 11.3. The molecule has 0 bridgehead atoms. The lowest BCUT2D eigenvalue weighted by Gasteiger charge is -2.03. The average Bonchev–Trinajstić information content (AvgIpc) is 2.85. The maximum atomic E-state index is 11.3. The third-order valence-corrected chi connectivity index (χ3v) is 2.10. The van der Waals surface area contributed by atoms with E-state index in [1.54, 1.807) is 12.1 Å². The van der Waals surface area contributed by atoms with E-state index in [1.807, 2.05) is 12.1 Å². The van der Waals surface area contributed by atoms with Crippen molar-refractivity contribution < 1.29 is 4.79 Å². The zero-order chi connectivity index (χ0) is 9.26. The van der Waals surface area contributed by atoms with Crippen molar-refractivity contribution in [3.8, 4) is 0 Å². The molecule has 2 radical (unpaired) electrons. The molecule has 0 atom stereocenters. The average molecular weight is 173 g/mol. The largest absolute Gasteiger partial charge is 0.326 e. The highest BCUT2D eigenvalue weighted by atomic mass is 16.2. The van der Waals surface area contributed by atoms with Crippen molar-refractivity contribution in [1.82, 2.24) is 0 Å². The number of benzene rings is 1. The van der Waals surface area contributed by atoms with Crippen LogP contribution in [0.5, 0.6) is 0 Å². The van der Waals surface area contributed by atoms with Gasteiger partial charge in [0.15, 0.2) is 0 Å². The molecule has 2 rings (SSSR count). The molecule has 1 amide bonds. The number of nitrogens with one attached hydrogen (secondary N) is 1. The molecule has 0 aromatic heterocycles. The minimum atomic E-state index is 0.116. The molecular weight excluding hydrogens is 162 g/mol. The van der Waals surface area contributed by atoms with E-state index in [0.29, 0.717) is 5.56 Å².